The molecule has 0 atom stereocenters. The van der Waals surface area contributed by atoms with E-state index in [-0.39, 0.29) is 4.47 Å². The quantitative estimate of drug-likeness (QED) is 0.861. The number of benzene rings is 1. The van der Waals surface area contributed by atoms with Crippen LogP contribution in [-0.2, 0) is 6.54 Å². The molecule has 0 bridgehead atoms. The second kappa shape index (κ2) is 5.30. The largest absolute Gasteiger partial charge is 0.326 e. The molecular formula is C13H12BrF2N3. The Morgan fingerprint density at radius 2 is 1.74 bits per heavy atom. The average molecular weight is 328 g/mol. The normalized spacial score (nSPS) is 10.8. The van der Waals surface area contributed by atoms with Crippen LogP contribution in [0, 0.1) is 25.5 Å². The highest BCUT2D eigenvalue weighted by Crippen LogP contribution is 2.30. The predicted molar refractivity (Wildman–Crippen MR) is 72.4 cm³/mol. The molecule has 0 amide bonds. The van der Waals surface area contributed by atoms with Crippen LogP contribution < -0.4 is 5.73 Å². The van der Waals surface area contributed by atoms with E-state index in [9.17, 15) is 8.78 Å². The highest BCUT2D eigenvalue weighted by Gasteiger charge is 2.16. The van der Waals surface area contributed by atoms with Crippen molar-refractivity contribution >= 4 is 15.9 Å². The van der Waals surface area contributed by atoms with Gasteiger partial charge >= 0.3 is 0 Å². The second-order valence-electron chi connectivity index (χ2n) is 4.12. The van der Waals surface area contributed by atoms with E-state index in [4.69, 9.17) is 5.73 Å². The molecule has 0 saturated carbocycles. The average Bonchev–Trinajstić information content (AvgIpc) is 2.35. The van der Waals surface area contributed by atoms with E-state index in [0.717, 1.165) is 23.0 Å². The van der Waals surface area contributed by atoms with E-state index >= 15 is 0 Å². The molecule has 100 valence electrons. The van der Waals surface area contributed by atoms with Crippen molar-refractivity contribution in [3.8, 4) is 11.4 Å². The Hall–Kier alpha value is -1.40. The fraction of sp³-hybridized carbons (Fsp3) is 0.231. The molecular weight excluding hydrogens is 316 g/mol. The minimum Gasteiger partial charge on any atom is -0.326 e. The van der Waals surface area contributed by atoms with Gasteiger partial charge in [0.2, 0.25) is 0 Å². The standard InChI is InChI=1S/C13H12BrF2N3/c1-6-9(5-17)7(2)19-13(18-6)8-3-4-10(15)12(16)11(8)14/h3-4H,5,17H2,1-2H3. The zero-order valence-corrected chi connectivity index (χ0v) is 12.1. The summed E-state index contributed by atoms with van der Waals surface area (Å²) in [6, 6.07) is 2.50. The summed E-state index contributed by atoms with van der Waals surface area (Å²) in [5.41, 5.74) is 8.36. The molecule has 1 aromatic heterocycles. The van der Waals surface area contributed by atoms with Gasteiger partial charge in [-0.2, -0.15) is 0 Å². The van der Waals surface area contributed by atoms with Crippen LogP contribution in [0.4, 0.5) is 8.78 Å². The van der Waals surface area contributed by atoms with Crippen molar-refractivity contribution in [3.63, 3.8) is 0 Å². The molecule has 2 aromatic rings. The lowest BCUT2D eigenvalue weighted by molar-refractivity contribution is 0.504. The summed E-state index contributed by atoms with van der Waals surface area (Å²) in [7, 11) is 0. The van der Waals surface area contributed by atoms with Gasteiger partial charge in [0.15, 0.2) is 17.5 Å². The molecule has 0 fully saturated rings. The molecule has 0 spiro atoms. The summed E-state index contributed by atoms with van der Waals surface area (Å²) in [5.74, 6) is -1.51. The number of halogens is 3. The highest BCUT2D eigenvalue weighted by atomic mass is 79.9. The Bertz CT molecular complexity index is 621. The lowest BCUT2D eigenvalue weighted by Gasteiger charge is -2.10. The fourth-order valence-electron chi connectivity index (χ4n) is 1.85. The van der Waals surface area contributed by atoms with Gasteiger partial charge in [0.05, 0.1) is 4.47 Å². The monoisotopic (exact) mass is 327 g/mol. The van der Waals surface area contributed by atoms with Gasteiger partial charge in [0.1, 0.15) is 0 Å². The Balaban J connectivity index is 2.64. The number of aromatic nitrogens is 2. The van der Waals surface area contributed by atoms with Gasteiger partial charge in [-0.3, -0.25) is 0 Å². The van der Waals surface area contributed by atoms with Crippen LogP contribution in [0.1, 0.15) is 17.0 Å². The molecule has 0 saturated heterocycles. The van der Waals surface area contributed by atoms with Gasteiger partial charge in [0.25, 0.3) is 0 Å². The van der Waals surface area contributed by atoms with E-state index in [0.29, 0.717) is 17.9 Å². The third-order valence-electron chi connectivity index (χ3n) is 2.90. The molecule has 0 aliphatic heterocycles. The molecule has 6 heteroatoms. The molecule has 2 N–H and O–H groups in total. The molecule has 1 heterocycles. The fourth-order valence-corrected chi connectivity index (χ4v) is 2.35. The van der Waals surface area contributed by atoms with Gasteiger partial charge < -0.3 is 5.73 Å². The summed E-state index contributed by atoms with van der Waals surface area (Å²) in [6.07, 6.45) is 0. The lowest BCUT2D eigenvalue weighted by Crippen LogP contribution is -2.07. The maximum Gasteiger partial charge on any atom is 0.173 e. The first-order chi connectivity index (χ1) is 8.95. The van der Waals surface area contributed by atoms with Crippen molar-refractivity contribution in [3.05, 3.63) is 45.2 Å². The van der Waals surface area contributed by atoms with Crippen molar-refractivity contribution in [2.75, 3.05) is 0 Å². The van der Waals surface area contributed by atoms with Gasteiger partial charge in [-0.1, -0.05) is 0 Å². The Morgan fingerprint density at radius 1 is 1.16 bits per heavy atom. The Morgan fingerprint density at radius 3 is 2.26 bits per heavy atom. The van der Waals surface area contributed by atoms with Crippen molar-refractivity contribution in [2.24, 2.45) is 5.73 Å². The molecule has 0 unspecified atom stereocenters. The maximum absolute atomic E-state index is 13.5. The summed E-state index contributed by atoms with van der Waals surface area (Å²) in [6.45, 7) is 3.97. The Kier molecular flexibility index (Phi) is 3.91. The molecule has 1 aromatic carbocycles. The van der Waals surface area contributed by atoms with E-state index in [2.05, 4.69) is 25.9 Å². The summed E-state index contributed by atoms with van der Waals surface area (Å²) in [4.78, 5) is 8.59. The molecule has 0 radical (unpaired) electrons. The summed E-state index contributed by atoms with van der Waals surface area (Å²) in [5, 5.41) is 0. The van der Waals surface area contributed by atoms with Crippen LogP contribution in [0.3, 0.4) is 0 Å². The lowest BCUT2D eigenvalue weighted by atomic mass is 10.1. The minimum atomic E-state index is -0.945. The SMILES string of the molecule is Cc1nc(-c2ccc(F)c(F)c2Br)nc(C)c1CN. The van der Waals surface area contributed by atoms with Crippen LogP contribution in [0.25, 0.3) is 11.4 Å². The first-order valence-corrected chi connectivity index (χ1v) is 6.43. The third-order valence-corrected chi connectivity index (χ3v) is 3.68. The summed E-state index contributed by atoms with van der Waals surface area (Å²) >= 11 is 3.03. The van der Waals surface area contributed by atoms with Crippen LogP contribution in [0.5, 0.6) is 0 Å². The molecule has 3 nitrogen and oxygen atoms in total. The zero-order valence-electron chi connectivity index (χ0n) is 10.5. The van der Waals surface area contributed by atoms with E-state index < -0.39 is 11.6 Å². The molecule has 19 heavy (non-hydrogen) atoms. The van der Waals surface area contributed by atoms with E-state index in [1.54, 1.807) is 0 Å². The van der Waals surface area contributed by atoms with Crippen LogP contribution in [0.2, 0.25) is 0 Å². The van der Waals surface area contributed by atoms with E-state index in [1.165, 1.54) is 6.07 Å². The number of nitrogens with zero attached hydrogens (tertiary/aromatic N) is 2. The van der Waals surface area contributed by atoms with Crippen LogP contribution >= 0.6 is 15.9 Å². The number of hydrogen-bond donors (Lipinski definition) is 1. The third kappa shape index (κ3) is 2.50. The van der Waals surface area contributed by atoms with Crippen molar-refractivity contribution in [2.45, 2.75) is 20.4 Å². The molecule has 0 aliphatic carbocycles. The van der Waals surface area contributed by atoms with Crippen molar-refractivity contribution < 1.29 is 8.78 Å². The first kappa shape index (κ1) is 14.0. The van der Waals surface area contributed by atoms with Crippen LogP contribution in [0.15, 0.2) is 16.6 Å². The Labute approximate surface area is 118 Å². The number of aryl methyl sites for hydroxylation is 2. The van der Waals surface area contributed by atoms with Gasteiger partial charge in [-0.25, -0.2) is 18.7 Å². The van der Waals surface area contributed by atoms with Gasteiger partial charge in [-0.05, 0) is 41.9 Å². The van der Waals surface area contributed by atoms with Gasteiger partial charge in [0, 0.05) is 29.1 Å². The topological polar surface area (TPSA) is 51.8 Å². The highest BCUT2D eigenvalue weighted by molar-refractivity contribution is 9.10. The smallest absolute Gasteiger partial charge is 0.173 e. The van der Waals surface area contributed by atoms with Crippen molar-refractivity contribution in [1.29, 1.82) is 0 Å². The zero-order chi connectivity index (χ0) is 14.2. The number of nitrogens with two attached hydrogens (primary N) is 1. The number of rotatable bonds is 2. The van der Waals surface area contributed by atoms with E-state index in [1.807, 2.05) is 13.8 Å². The minimum absolute atomic E-state index is 0.0202. The van der Waals surface area contributed by atoms with Crippen LogP contribution in [-0.4, -0.2) is 9.97 Å². The summed E-state index contributed by atoms with van der Waals surface area (Å²) < 4.78 is 26.6. The first-order valence-electron chi connectivity index (χ1n) is 5.63. The van der Waals surface area contributed by atoms with Gasteiger partial charge in [-0.15, -0.1) is 0 Å². The molecule has 2 rings (SSSR count). The number of hydrogen-bond acceptors (Lipinski definition) is 3. The second-order valence-corrected chi connectivity index (χ2v) is 4.92. The predicted octanol–water partition coefficient (Wildman–Crippen LogP) is 3.26. The maximum atomic E-state index is 13.5. The molecule has 0 aliphatic rings. The van der Waals surface area contributed by atoms with Crippen molar-refractivity contribution in [1.82, 2.24) is 9.97 Å².